The van der Waals surface area contributed by atoms with E-state index in [1.54, 1.807) is 31.3 Å². The number of carbonyl (C=O) groups is 2. The van der Waals surface area contributed by atoms with Crippen LogP contribution in [0, 0.1) is 5.82 Å². The molecule has 0 fully saturated rings. The molecule has 0 unspecified atom stereocenters. The highest BCUT2D eigenvalue weighted by molar-refractivity contribution is 6.02. The Morgan fingerprint density at radius 3 is 3.00 bits per heavy atom. The maximum Gasteiger partial charge on any atom is 0.273 e. The molecule has 7 nitrogen and oxygen atoms in total. The van der Waals surface area contributed by atoms with Gasteiger partial charge >= 0.3 is 0 Å². The lowest BCUT2D eigenvalue weighted by Gasteiger charge is -2.20. The smallest absolute Gasteiger partial charge is 0.273 e. The minimum atomic E-state index is -0.924. The molecule has 2 aromatic rings. The maximum atomic E-state index is 13.3. The fourth-order valence-corrected chi connectivity index (χ4v) is 2.22. The summed E-state index contributed by atoms with van der Waals surface area (Å²) in [4.78, 5) is 25.8. The molecule has 1 atom stereocenters. The molecule has 3 rings (SSSR count). The molecule has 2 N–H and O–H groups in total. The van der Waals surface area contributed by atoms with Gasteiger partial charge < -0.3 is 15.0 Å². The summed E-state index contributed by atoms with van der Waals surface area (Å²) in [5.74, 6) is -1.34. The molecule has 2 heterocycles. The van der Waals surface area contributed by atoms with Crippen molar-refractivity contribution in [2.75, 3.05) is 18.6 Å². The number of amides is 2. The predicted octanol–water partition coefficient (Wildman–Crippen LogP) is 0.703. The van der Waals surface area contributed by atoms with E-state index in [9.17, 15) is 14.0 Å². The SMILES string of the molecule is CN1C(=O)[C@@H](NC(=O)c2[nH]ncc2F)COc2ccccc21. The van der Waals surface area contributed by atoms with Crippen molar-refractivity contribution in [3.63, 3.8) is 0 Å². The number of hydrogen-bond acceptors (Lipinski definition) is 4. The standard InChI is InChI=1S/C14H13FN4O3/c1-19-10-4-2-3-5-11(10)22-7-9(14(19)21)17-13(20)12-8(15)6-16-18-12/h2-6,9H,7H2,1H3,(H,16,18)(H,17,20)/t9-/m0/s1. The monoisotopic (exact) mass is 304 g/mol. The number of aromatic amines is 1. The van der Waals surface area contributed by atoms with E-state index in [0.29, 0.717) is 11.4 Å². The van der Waals surface area contributed by atoms with Crippen LogP contribution >= 0.6 is 0 Å². The zero-order valence-electron chi connectivity index (χ0n) is 11.7. The predicted molar refractivity (Wildman–Crippen MR) is 75.1 cm³/mol. The Bertz CT molecular complexity index is 730. The molecule has 1 aliphatic rings. The molecule has 0 spiro atoms. The van der Waals surface area contributed by atoms with Crippen molar-refractivity contribution >= 4 is 17.5 Å². The molecule has 0 aliphatic carbocycles. The molecule has 1 aliphatic heterocycles. The topological polar surface area (TPSA) is 87.3 Å². The number of fused-ring (bicyclic) bond motifs is 1. The van der Waals surface area contributed by atoms with E-state index < -0.39 is 17.8 Å². The van der Waals surface area contributed by atoms with Crippen molar-refractivity contribution in [3.05, 3.63) is 42.0 Å². The van der Waals surface area contributed by atoms with Crippen LogP contribution in [0.1, 0.15) is 10.5 Å². The van der Waals surface area contributed by atoms with Gasteiger partial charge in [0.2, 0.25) is 0 Å². The number of benzene rings is 1. The first kappa shape index (κ1) is 14.1. The normalized spacial score (nSPS) is 17.5. The van der Waals surface area contributed by atoms with Gasteiger partial charge in [0.25, 0.3) is 11.8 Å². The summed E-state index contributed by atoms with van der Waals surface area (Å²) in [5.41, 5.74) is 0.286. The zero-order valence-corrected chi connectivity index (χ0v) is 11.7. The second-order valence-electron chi connectivity index (χ2n) is 4.79. The van der Waals surface area contributed by atoms with E-state index in [0.717, 1.165) is 6.20 Å². The van der Waals surface area contributed by atoms with Gasteiger partial charge in [-0.2, -0.15) is 5.10 Å². The van der Waals surface area contributed by atoms with E-state index in [1.165, 1.54) is 4.90 Å². The lowest BCUT2D eigenvalue weighted by molar-refractivity contribution is -0.120. The summed E-state index contributed by atoms with van der Waals surface area (Å²) in [5, 5.41) is 8.13. The molecule has 114 valence electrons. The first-order valence-corrected chi connectivity index (χ1v) is 6.57. The maximum absolute atomic E-state index is 13.3. The van der Waals surface area contributed by atoms with Crippen LogP contribution < -0.4 is 15.0 Å². The van der Waals surface area contributed by atoms with E-state index >= 15 is 0 Å². The second-order valence-corrected chi connectivity index (χ2v) is 4.79. The molecule has 22 heavy (non-hydrogen) atoms. The average Bonchev–Trinajstić information content (AvgIpc) is 2.91. The highest BCUT2D eigenvalue weighted by Crippen LogP contribution is 2.29. The molecular weight excluding hydrogens is 291 g/mol. The number of aromatic nitrogens is 2. The van der Waals surface area contributed by atoms with Gasteiger partial charge in [-0.1, -0.05) is 12.1 Å². The highest BCUT2D eigenvalue weighted by Gasteiger charge is 2.31. The molecule has 8 heteroatoms. The third-order valence-electron chi connectivity index (χ3n) is 3.39. The van der Waals surface area contributed by atoms with Crippen molar-refractivity contribution in [1.29, 1.82) is 0 Å². The second kappa shape index (κ2) is 5.47. The Hall–Kier alpha value is -2.90. The van der Waals surface area contributed by atoms with Crippen LogP contribution in [0.4, 0.5) is 10.1 Å². The number of anilines is 1. The Kier molecular flexibility index (Phi) is 3.50. The number of nitrogens with one attached hydrogen (secondary N) is 2. The molecule has 0 bridgehead atoms. The van der Waals surface area contributed by atoms with E-state index in [4.69, 9.17) is 4.74 Å². The highest BCUT2D eigenvalue weighted by atomic mass is 19.1. The van der Waals surface area contributed by atoms with Crippen LogP contribution in [0.3, 0.4) is 0 Å². The summed E-state index contributed by atoms with van der Waals surface area (Å²) in [6.45, 7) is -0.0400. The number of halogens is 1. The van der Waals surface area contributed by atoms with Crippen molar-refractivity contribution in [2.24, 2.45) is 0 Å². The van der Waals surface area contributed by atoms with Gasteiger partial charge in [0.05, 0.1) is 11.9 Å². The van der Waals surface area contributed by atoms with Gasteiger partial charge in [0, 0.05) is 7.05 Å². The van der Waals surface area contributed by atoms with Crippen LogP contribution in [-0.2, 0) is 4.79 Å². The van der Waals surface area contributed by atoms with Crippen LogP contribution in [-0.4, -0.2) is 41.7 Å². The lowest BCUT2D eigenvalue weighted by atomic mass is 10.2. The Morgan fingerprint density at radius 2 is 2.27 bits per heavy atom. The van der Waals surface area contributed by atoms with E-state index in [2.05, 4.69) is 15.5 Å². The number of likely N-dealkylation sites (N-methyl/N-ethyl adjacent to an activating group) is 1. The molecule has 2 amide bonds. The van der Waals surface area contributed by atoms with Gasteiger partial charge in [-0.05, 0) is 12.1 Å². The molecule has 1 aromatic carbocycles. The number of carbonyl (C=O) groups excluding carboxylic acids is 2. The minimum Gasteiger partial charge on any atom is -0.489 e. The minimum absolute atomic E-state index is 0.0400. The molecule has 0 saturated heterocycles. The number of para-hydroxylation sites is 2. The van der Waals surface area contributed by atoms with Crippen LogP contribution in [0.25, 0.3) is 0 Å². The van der Waals surface area contributed by atoms with E-state index in [1.807, 2.05) is 0 Å². The molecular formula is C14H13FN4O3. The first-order chi connectivity index (χ1) is 10.6. The lowest BCUT2D eigenvalue weighted by Crippen LogP contribution is -2.49. The zero-order chi connectivity index (χ0) is 15.7. The summed E-state index contributed by atoms with van der Waals surface area (Å²) in [6.07, 6.45) is 0.891. The number of H-pyrrole nitrogens is 1. The third kappa shape index (κ3) is 2.39. The van der Waals surface area contributed by atoms with Gasteiger partial charge in [-0.25, -0.2) is 4.39 Å². The van der Waals surface area contributed by atoms with Crippen LogP contribution in [0.2, 0.25) is 0 Å². The Labute approximate surface area is 125 Å². The van der Waals surface area contributed by atoms with Crippen LogP contribution in [0.5, 0.6) is 5.75 Å². The quantitative estimate of drug-likeness (QED) is 0.855. The summed E-state index contributed by atoms with van der Waals surface area (Å²) >= 11 is 0. The fourth-order valence-electron chi connectivity index (χ4n) is 2.22. The van der Waals surface area contributed by atoms with Gasteiger partial charge in [0.1, 0.15) is 18.4 Å². The molecule has 0 radical (unpaired) electrons. The van der Waals surface area contributed by atoms with Crippen molar-refractivity contribution in [3.8, 4) is 5.75 Å². The fraction of sp³-hybridized carbons (Fsp3) is 0.214. The molecule has 0 saturated carbocycles. The Morgan fingerprint density at radius 1 is 1.50 bits per heavy atom. The number of rotatable bonds is 2. The first-order valence-electron chi connectivity index (χ1n) is 6.57. The number of ether oxygens (including phenoxy) is 1. The average molecular weight is 304 g/mol. The summed E-state index contributed by atoms with van der Waals surface area (Å²) in [7, 11) is 1.59. The molecule has 1 aromatic heterocycles. The van der Waals surface area contributed by atoms with Crippen molar-refractivity contribution < 1.29 is 18.7 Å². The van der Waals surface area contributed by atoms with Gasteiger partial charge in [-0.3, -0.25) is 14.7 Å². The van der Waals surface area contributed by atoms with Gasteiger partial charge in [0.15, 0.2) is 11.5 Å². The largest absolute Gasteiger partial charge is 0.489 e. The Balaban J connectivity index is 1.81. The van der Waals surface area contributed by atoms with Crippen molar-refractivity contribution in [2.45, 2.75) is 6.04 Å². The summed E-state index contributed by atoms with van der Waals surface area (Å²) < 4.78 is 18.9. The summed E-state index contributed by atoms with van der Waals surface area (Å²) in [6, 6.07) is 6.12. The van der Waals surface area contributed by atoms with E-state index in [-0.39, 0.29) is 18.2 Å². The van der Waals surface area contributed by atoms with Crippen LogP contribution in [0.15, 0.2) is 30.5 Å². The third-order valence-corrected chi connectivity index (χ3v) is 3.39. The number of hydrogen-bond donors (Lipinski definition) is 2. The van der Waals surface area contributed by atoms with Crippen molar-refractivity contribution in [1.82, 2.24) is 15.5 Å². The van der Waals surface area contributed by atoms with Gasteiger partial charge in [-0.15, -0.1) is 0 Å². The number of nitrogens with zero attached hydrogens (tertiary/aromatic N) is 2.